The number of benzene rings is 2. The molecular formula is C32H44F3N5O2. The van der Waals surface area contributed by atoms with Crippen LogP contribution in [-0.4, -0.2) is 68.8 Å². The number of allylic oxidation sites excluding steroid dienone is 1. The summed E-state index contributed by atoms with van der Waals surface area (Å²) in [5.74, 6) is -0.573. The van der Waals surface area contributed by atoms with Gasteiger partial charge in [0.25, 0.3) is 0 Å². The fraction of sp³-hybridized carbons (Fsp3) is 0.469. The van der Waals surface area contributed by atoms with Gasteiger partial charge < -0.3 is 26.5 Å². The molecule has 0 atom stereocenters. The van der Waals surface area contributed by atoms with Crippen LogP contribution in [0.3, 0.4) is 0 Å². The predicted molar refractivity (Wildman–Crippen MR) is 163 cm³/mol. The van der Waals surface area contributed by atoms with Crippen molar-refractivity contribution in [1.82, 2.24) is 10.2 Å². The van der Waals surface area contributed by atoms with Crippen LogP contribution < -0.4 is 16.8 Å². The van der Waals surface area contributed by atoms with Gasteiger partial charge in [-0.2, -0.15) is 13.2 Å². The molecule has 4 rings (SSSR count). The van der Waals surface area contributed by atoms with Gasteiger partial charge in [0.15, 0.2) is 0 Å². The highest BCUT2D eigenvalue weighted by atomic mass is 19.4. The third-order valence-corrected chi connectivity index (χ3v) is 7.35. The van der Waals surface area contributed by atoms with Crippen molar-refractivity contribution in [2.24, 2.45) is 16.5 Å². The maximum atomic E-state index is 13.4. The van der Waals surface area contributed by atoms with E-state index in [4.69, 9.17) is 5.73 Å². The van der Waals surface area contributed by atoms with Crippen molar-refractivity contribution in [3.8, 4) is 11.1 Å². The molecule has 7 nitrogen and oxygen atoms in total. The Balaban J connectivity index is 0.000000535. The number of fused-ring (bicyclic) bond motifs is 3. The number of piperidine rings is 1. The van der Waals surface area contributed by atoms with Crippen LogP contribution in [-0.2, 0) is 15.0 Å². The summed E-state index contributed by atoms with van der Waals surface area (Å²) in [5, 5.41) is 2.19. The number of likely N-dealkylation sites (tertiary alicyclic amines) is 1. The maximum absolute atomic E-state index is 13.4. The second kappa shape index (κ2) is 17.6. The number of unbranched alkanes of at least 4 members (excludes halogenated alkanes) is 1. The summed E-state index contributed by atoms with van der Waals surface area (Å²) >= 11 is 0. The highest BCUT2D eigenvalue weighted by molar-refractivity contribution is 6.00. The summed E-state index contributed by atoms with van der Waals surface area (Å²) in [4.78, 5) is 29.2. The maximum Gasteiger partial charge on any atom is 0.405 e. The Morgan fingerprint density at radius 2 is 1.62 bits per heavy atom. The third kappa shape index (κ3) is 9.61. The lowest BCUT2D eigenvalue weighted by Crippen LogP contribution is -2.47. The SMILES string of the molecule is C/C=C\N=CCC=O.CN.NC1CCN(CCCCC2(C(=O)NCC(F)(F)F)c3ccccc3-c3ccccc32)CC1. The minimum Gasteiger partial charge on any atom is -0.346 e. The quantitative estimate of drug-likeness (QED) is 0.206. The number of nitrogens with zero attached hydrogens (tertiary/aromatic N) is 2. The van der Waals surface area contributed by atoms with Crippen molar-refractivity contribution in [3.63, 3.8) is 0 Å². The first kappa shape index (κ1) is 34.9. The number of alkyl halides is 3. The molecule has 2 aliphatic rings. The van der Waals surface area contributed by atoms with Crippen LogP contribution in [0.2, 0.25) is 0 Å². The Kier molecular flexibility index (Phi) is 14.6. The van der Waals surface area contributed by atoms with Gasteiger partial charge in [-0.3, -0.25) is 9.79 Å². The molecule has 2 aromatic carbocycles. The summed E-state index contributed by atoms with van der Waals surface area (Å²) in [5.41, 5.74) is 12.8. The monoisotopic (exact) mass is 587 g/mol. The Hall–Kier alpha value is -3.34. The molecule has 0 unspecified atom stereocenters. The fourth-order valence-electron chi connectivity index (χ4n) is 5.44. The first-order valence-electron chi connectivity index (χ1n) is 14.4. The average Bonchev–Trinajstić information content (AvgIpc) is 3.29. The molecule has 1 amide bonds. The van der Waals surface area contributed by atoms with Gasteiger partial charge in [0.1, 0.15) is 18.2 Å². The summed E-state index contributed by atoms with van der Waals surface area (Å²) in [6.07, 6.45) is 5.85. The van der Waals surface area contributed by atoms with E-state index >= 15 is 0 Å². The van der Waals surface area contributed by atoms with Crippen molar-refractivity contribution in [3.05, 3.63) is 71.9 Å². The van der Waals surface area contributed by atoms with E-state index in [1.165, 1.54) is 7.05 Å². The molecule has 2 aromatic rings. The Labute approximate surface area is 247 Å². The highest BCUT2D eigenvalue weighted by Gasteiger charge is 2.49. The minimum atomic E-state index is -4.45. The number of carbonyl (C=O) groups is 2. The third-order valence-electron chi connectivity index (χ3n) is 7.35. The Morgan fingerprint density at radius 3 is 2.14 bits per heavy atom. The largest absolute Gasteiger partial charge is 0.405 e. The van der Waals surface area contributed by atoms with Gasteiger partial charge in [-0.15, -0.1) is 0 Å². The second-order valence-electron chi connectivity index (χ2n) is 10.1. The molecule has 0 radical (unpaired) electrons. The van der Waals surface area contributed by atoms with E-state index in [0.717, 1.165) is 73.9 Å². The first-order valence-corrected chi connectivity index (χ1v) is 14.4. The Morgan fingerprint density at radius 1 is 1.05 bits per heavy atom. The molecule has 0 saturated carbocycles. The van der Waals surface area contributed by atoms with Crippen molar-refractivity contribution in [2.45, 2.75) is 63.1 Å². The van der Waals surface area contributed by atoms with Gasteiger partial charge in [-0.05, 0) is 81.5 Å². The van der Waals surface area contributed by atoms with Crippen molar-refractivity contribution < 1.29 is 22.8 Å². The van der Waals surface area contributed by atoms with Crippen LogP contribution in [0.5, 0.6) is 0 Å². The molecule has 1 heterocycles. The number of halogens is 3. The van der Waals surface area contributed by atoms with Gasteiger partial charge in [0.05, 0.1) is 0 Å². The zero-order chi connectivity index (χ0) is 31.0. The van der Waals surface area contributed by atoms with E-state index in [9.17, 15) is 22.8 Å². The number of carbonyl (C=O) groups excluding carboxylic acids is 2. The van der Waals surface area contributed by atoms with Gasteiger partial charge in [-0.1, -0.05) is 61.0 Å². The number of amides is 1. The van der Waals surface area contributed by atoms with Crippen LogP contribution >= 0.6 is 0 Å². The number of aldehydes is 1. The molecule has 1 saturated heterocycles. The second-order valence-corrected chi connectivity index (χ2v) is 10.1. The van der Waals surface area contributed by atoms with E-state index in [-0.39, 0.29) is 6.04 Å². The predicted octanol–water partition coefficient (Wildman–Crippen LogP) is 4.98. The molecule has 230 valence electrons. The molecule has 0 spiro atoms. The zero-order valence-corrected chi connectivity index (χ0v) is 24.6. The lowest BCUT2D eigenvalue weighted by molar-refractivity contribution is -0.141. The number of nitrogens with one attached hydrogen (secondary N) is 1. The smallest absolute Gasteiger partial charge is 0.346 e. The summed E-state index contributed by atoms with van der Waals surface area (Å²) in [6.45, 7) is 3.41. The normalized spacial score (nSPS) is 16.2. The van der Waals surface area contributed by atoms with Crippen LogP contribution in [0.15, 0.2) is 65.8 Å². The van der Waals surface area contributed by atoms with E-state index in [1.54, 1.807) is 18.5 Å². The van der Waals surface area contributed by atoms with E-state index in [2.05, 4.69) is 20.9 Å². The number of hydrogen-bond donors (Lipinski definition) is 3. The number of rotatable bonds is 10. The standard InChI is InChI=1S/C25H30F3N3O.C6H9NO.CH5N/c26-25(27,28)17-30-23(32)24(13-5-6-14-31-15-11-18(29)12-16-31)21-9-3-1-7-19(21)20-8-2-4-10-22(20)24;1-2-4-7-5-3-6-8;1-2/h1-4,7-10,18H,5-6,11-17,29H2,(H,30,32);2,4-6H,3H2,1H3;2H2,1H3/b;4-2-,7-5?;. The van der Waals surface area contributed by atoms with Gasteiger partial charge in [-0.25, -0.2) is 0 Å². The highest BCUT2D eigenvalue weighted by Crippen LogP contribution is 2.51. The molecule has 5 N–H and O–H groups in total. The zero-order valence-electron chi connectivity index (χ0n) is 24.6. The molecule has 42 heavy (non-hydrogen) atoms. The van der Waals surface area contributed by atoms with Gasteiger partial charge >= 0.3 is 6.18 Å². The molecule has 1 fully saturated rings. The number of aliphatic imine (C=N–C) groups is 1. The Bertz CT molecular complexity index is 1130. The van der Waals surface area contributed by atoms with Crippen molar-refractivity contribution in [2.75, 3.05) is 33.2 Å². The van der Waals surface area contributed by atoms with Gasteiger partial charge in [0, 0.05) is 24.9 Å². The summed E-state index contributed by atoms with van der Waals surface area (Å²) < 4.78 is 38.8. The fourth-order valence-corrected chi connectivity index (χ4v) is 5.44. The van der Waals surface area contributed by atoms with E-state index < -0.39 is 24.0 Å². The lowest BCUT2D eigenvalue weighted by Gasteiger charge is -2.32. The van der Waals surface area contributed by atoms with Gasteiger partial charge in [0.2, 0.25) is 5.91 Å². The minimum absolute atomic E-state index is 0.276. The van der Waals surface area contributed by atoms with Crippen LogP contribution in [0, 0.1) is 0 Å². The van der Waals surface area contributed by atoms with Crippen LogP contribution in [0.1, 0.15) is 56.6 Å². The molecule has 0 bridgehead atoms. The van der Waals surface area contributed by atoms with Crippen LogP contribution in [0.4, 0.5) is 13.2 Å². The lowest BCUT2D eigenvalue weighted by atomic mass is 9.73. The van der Waals surface area contributed by atoms with Crippen molar-refractivity contribution >= 4 is 18.4 Å². The van der Waals surface area contributed by atoms with Crippen molar-refractivity contribution in [1.29, 1.82) is 0 Å². The molecular weight excluding hydrogens is 543 g/mol. The van der Waals surface area contributed by atoms with E-state index in [0.29, 0.717) is 12.8 Å². The topological polar surface area (TPSA) is 114 Å². The van der Waals surface area contributed by atoms with E-state index in [1.807, 2.05) is 55.5 Å². The summed E-state index contributed by atoms with van der Waals surface area (Å²) in [6, 6.07) is 15.5. The molecule has 1 aliphatic heterocycles. The molecule has 0 aromatic heterocycles. The molecule has 10 heteroatoms. The summed E-state index contributed by atoms with van der Waals surface area (Å²) in [7, 11) is 1.50. The number of hydrogen-bond acceptors (Lipinski definition) is 6. The average molecular weight is 588 g/mol. The number of nitrogens with two attached hydrogens (primary N) is 2. The first-order chi connectivity index (χ1) is 20.2. The van der Waals surface area contributed by atoms with Crippen LogP contribution in [0.25, 0.3) is 11.1 Å². The molecule has 1 aliphatic carbocycles.